The summed E-state index contributed by atoms with van der Waals surface area (Å²) in [7, 11) is 1.39. The zero-order valence-corrected chi connectivity index (χ0v) is 9.64. The average molecular weight is 238 g/mol. The van der Waals surface area contributed by atoms with Crippen molar-refractivity contribution in [1.29, 1.82) is 0 Å². The molecule has 5 heteroatoms. The fraction of sp³-hybridized carbons (Fsp3) is 0.333. The van der Waals surface area contributed by atoms with Crippen LogP contribution in [0, 0.1) is 0 Å². The summed E-state index contributed by atoms with van der Waals surface area (Å²) in [6.07, 6.45) is -1.61. The molecule has 2 N–H and O–H groups in total. The van der Waals surface area contributed by atoms with Gasteiger partial charge in [-0.2, -0.15) is 0 Å². The van der Waals surface area contributed by atoms with Gasteiger partial charge in [0.2, 0.25) is 0 Å². The van der Waals surface area contributed by atoms with Crippen LogP contribution in [0.1, 0.15) is 23.7 Å². The van der Waals surface area contributed by atoms with Gasteiger partial charge in [0, 0.05) is 12.0 Å². The SMILES string of the molecule is COc1ccc(C(=O)[C@H](O)CC(C)=O)cc1O. The molecule has 0 saturated carbocycles. The number of phenolic OH excluding ortho intramolecular Hbond substituents is 1. The number of carbonyl (C=O) groups is 2. The summed E-state index contributed by atoms with van der Waals surface area (Å²) in [5, 5.41) is 19.0. The normalized spacial score (nSPS) is 11.9. The second kappa shape index (κ2) is 5.45. The Balaban J connectivity index is 2.89. The molecule has 92 valence electrons. The van der Waals surface area contributed by atoms with Gasteiger partial charge in [0.15, 0.2) is 17.3 Å². The molecule has 1 atom stereocenters. The Hall–Kier alpha value is -1.88. The number of phenols is 1. The van der Waals surface area contributed by atoms with E-state index >= 15 is 0 Å². The molecule has 1 rings (SSSR count). The van der Waals surface area contributed by atoms with Crippen LogP contribution in [0.2, 0.25) is 0 Å². The molecule has 0 bridgehead atoms. The van der Waals surface area contributed by atoms with Gasteiger partial charge in [0.1, 0.15) is 11.9 Å². The van der Waals surface area contributed by atoms with Gasteiger partial charge in [-0.1, -0.05) is 0 Å². The van der Waals surface area contributed by atoms with E-state index in [1.165, 1.54) is 32.2 Å². The van der Waals surface area contributed by atoms with E-state index < -0.39 is 11.9 Å². The number of hydrogen-bond acceptors (Lipinski definition) is 5. The van der Waals surface area contributed by atoms with E-state index in [0.717, 1.165) is 0 Å². The Labute approximate surface area is 98.6 Å². The summed E-state index contributed by atoms with van der Waals surface area (Å²) in [6, 6.07) is 4.04. The zero-order valence-electron chi connectivity index (χ0n) is 9.64. The number of benzene rings is 1. The molecule has 1 aromatic carbocycles. The van der Waals surface area contributed by atoms with Crippen molar-refractivity contribution in [2.75, 3.05) is 7.11 Å². The fourth-order valence-corrected chi connectivity index (χ4v) is 1.40. The van der Waals surface area contributed by atoms with E-state index in [9.17, 15) is 19.8 Å². The van der Waals surface area contributed by atoms with E-state index in [0.29, 0.717) is 0 Å². The number of methoxy groups -OCH3 is 1. The Morgan fingerprint density at radius 1 is 1.41 bits per heavy atom. The Bertz CT molecular complexity index is 439. The van der Waals surface area contributed by atoms with E-state index in [1.54, 1.807) is 0 Å². The van der Waals surface area contributed by atoms with Gasteiger partial charge in [-0.05, 0) is 25.1 Å². The highest BCUT2D eigenvalue weighted by Crippen LogP contribution is 2.26. The van der Waals surface area contributed by atoms with Gasteiger partial charge < -0.3 is 14.9 Å². The summed E-state index contributed by atoms with van der Waals surface area (Å²) >= 11 is 0. The predicted octanol–water partition coefficient (Wildman–Crippen LogP) is 0.923. The third-order valence-corrected chi connectivity index (χ3v) is 2.25. The smallest absolute Gasteiger partial charge is 0.191 e. The minimum absolute atomic E-state index is 0.136. The van der Waals surface area contributed by atoms with E-state index in [1.807, 2.05) is 0 Å². The number of carbonyl (C=O) groups excluding carboxylic acids is 2. The Kier molecular flexibility index (Phi) is 4.23. The molecule has 17 heavy (non-hydrogen) atoms. The number of Topliss-reactive ketones (excluding diaryl/α,β-unsaturated/α-hetero) is 2. The van der Waals surface area contributed by atoms with Crippen molar-refractivity contribution in [1.82, 2.24) is 0 Å². The van der Waals surface area contributed by atoms with Crippen molar-refractivity contribution >= 4 is 11.6 Å². The maximum atomic E-state index is 11.7. The summed E-state index contributed by atoms with van der Waals surface area (Å²) in [4.78, 5) is 22.5. The molecule has 0 fully saturated rings. The minimum Gasteiger partial charge on any atom is -0.504 e. The third kappa shape index (κ3) is 3.29. The van der Waals surface area contributed by atoms with Crippen LogP contribution in [0.5, 0.6) is 11.5 Å². The van der Waals surface area contributed by atoms with Crippen molar-refractivity contribution in [3.05, 3.63) is 23.8 Å². The van der Waals surface area contributed by atoms with Crippen LogP contribution in [0.4, 0.5) is 0 Å². The molecule has 5 nitrogen and oxygen atoms in total. The number of rotatable bonds is 5. The number of ether oxygens (including phenoxy) is 1. The van der Waals surface area contributed by atoms with Crippen LogP contribution >= 0.6 is 0 Å². The standard InChI is InChI=1S/C12H14O5/c1-7(13)5-10(15)12(16)8-3-4-11(17-2)9(14)6-8/h3-4,6,10,14-15H,5H2,1-2H3/t10-/m1/s1. The summed E-state index contributed by atoms with van der Waals surface area (Å²) < 4.78 is 4.83. The fourth-order valence-electron chi connectivity index (χ4n) is 1.40. The monoisotopic (exact) mass is 238 g/mol. The number of hydrogen-bond donors (Lipinski definition) is 2. The van der Waals surface area contributed by atoms with Crippen molar-refractivity contribution < 1.29 is 24.5 Å². The Morgan fingerprint density at radius 2 is 2.06 bits per heavy atom. The van der Waals surface area contributed by atoms with Crippen LogP contribution < -0.4 is 4.74 Å². The largest absolute Gasteiger partial charge is 0.504 e. The van der Waals surface area contributed by atoms with E-state index in [4.69, 9.17) is 4.74 Å². The zero-order chi connectivity index (χ0) is 13.0. The van der Waals surface area contributed by atoms with Crippen LogP contribution in [0.3, 0.4) is 0 Å². The predicted molar refractivity (Wildman–Crippen MR) is 60.3 cm³/mol. The van der Waals surface area contributed by atoms with Gasteiger partial charge >= 0.3 is 0 Å². The average Bonchev–Trinajstić information content (AvgIpc) is 2.27. The molecule has 0 aromatic heterocycles. The number of aliphatic hydroxyl groups excluding tert-OH is 1. The molecule has 0 aliphatic carbocycles. The third-order valence-electron chi connectivity index (χ3n) is 2.25. The maximum Gasteiger partial charge on any atom is 0.191 e. The molecule has 1 aromatic rings. The van der Waals surface area contributed by atoms with Crippen LogP contribution in [-0.2, 0) is 4.79 Å². The quantitative estimate of drug-likeness (QED) is 0.745. The lowest BCUT2D eigenvalue weighted by atomic mass is 10.0. The second-order valence-electron chi connectivity index (χ2n) is 3.67. The molecule has 0 radical (unpaired) electrons. The van der Waals surface area contributed by atoms with Crippen molar-refractivity contribution in [3.8, 4) is 11.5 Å². The lowest BCUT2D eigenvalue weighted by molar-refractivity contribution is -0.118. The summed E-state index contributed by atoms with van der Waals surface area (Å²) in [5.41, 5.74) is 0.136. The van der Waals surface area contributed by atoms with Crippen molar-refractivity contribution in [3.63, 3.8) is 0 Å². The first-order valence-electron chi connectivity index (χ1n) is 5.04. The lowest BCUT2D eigenvalue weighted by Crippen LogP contribution is -2.22. The first-order valence-corrected chi connectivity index (χ1v) is 5.04. The molecule has 0 unspecified atom stereocenters. The summed E-state index contributed by atoms with van der Waals surface area (Å²) in [5.74, 6) is -0.822. The molecule has 0 heterocycles. The highest BCUT2D eigenvalue weighted by atomic mass is 16.5. The van der Waals surface area contributed by atoms with Gasteiger partial charge in [-0.25, -0.2) is 0 Å². The minimum atomic E-state index is -1.37. The number of aromatic hydroxyl groups is 1. The van der Waals surface area contributed by atoms with E-state index in [-0.39, 0.29) is 29.3 Å². The first-order chi connectivity index (χ1) is 7.95. The van der Waals surface area contributed by atoms with Crippen LogP contribution in [0.25, 0.3) is 0 Å². The molecule has 0 saturated heterocycles. The van der Waals surface area contributed by atoms with Crippen molar-refractivity contribution in [2.24, 2.45) is 0 Å². The van der Waals surface area contributed by atoms with Gasteiger partial charge in [-0.3, -0.25) is 9.59 Å². The van der Waals surface area contributed by atoms with Gasteiger partial charge in [-0.15, -0.1) is 0 Å². The second-order valence-corrected chi connectivity index (χ2v) is 3.67. The summed E-state index contributed by atoms with van der Waals surface area (Å²) in [6.45, 7) is 1.29. The highest BCUT2D eigenvalue weighted by Gasteiger charge is 2.19. The van der Waals surface area contributed by atoms with Crippen LogP contribution in [0.15, 0.2) is 18.2 Å². The lowest BCUT2D eigenvalue weighted by Gasteiger charge is -2.09. The van der Waals surface area contributed by atoms with Gasteiger partial charge in [0.25, 0.3) is 0 Å². The number of aliphatic hydroxyl groups is 1. The molecule has 0 aliphatic heterocycles. The Morgan fingerprint density at radius 3 is 2.53 bits per heavy atom. The molecule has 0 spiro atoms. The molecular weight excluding hydrogens is 224 g/mol. The molecule has 0 amide bonds. The molecular formula is C12H14O5. The van der Waals surface area contributed by atoms with Crippen LogP contribution in [-0.4, -0.2) is 35.0 Å². The van der Waals surface area contributed by atoms with Crippen molar-refractivity contribution in [2.45, 2.75) is 19.4 Å². The number of ketones is 2. The maximum absolute atomic E-state index is 11.7. The van der Waals surface area contributed by atoms with Gasteiger partial charge in [0.05, 0.1) is 7.11 Å². The highest BCUT2D eigenvalue weighted by molar-refractivity contribution is 6.01. The first kappa shape index (κ1) is 13.2. The topological polar surface area (TPSA) is 83.8 Å². The van der Waals surface area contributed by atoms with E-state index in [2.05, 4.69) is 0 Å². The molecule has 0 aliphatic rings.